The first-order chi connectivity index (χ1) is 11.7. The molecule has 0 atom stereocenters. The van der Waals surface area contributed by atoms with Crippen LogP contribution < -0.4 is 14.8 Å². The molecule has 0 saturated heterocycles. The number of ether oxygens (including phenoxy) is 3. The fourth-order valence-corrected chi connectivity index (χ4v) is 2.39. The first-order valence-corrected chi connectivity index (χ1v) is 7.70. The average molecular weight is 333 g/mol. The van der Waals surface area contributed by atoms with Crippen LogP contribution in [0.3, 0.4) is 0 Å². The number of carbonyl (C=O) groups excluding carboxylic acids is 1. The van der Waals surface area contributed by atoms with Gasteiger partial charge in [0.15, 0.2) is 11.5 Å². The van der Waals surface area contributed by atoms with Gasteiger partial charge in [0.05, 0.1) is 27.0 Å². The van der Waals surface area contributed by atoms with Gasteiger partial charge in [-0.15, -0.1) is 0 Å². The number of anilines is 1. The molecule has 7 nitrogen and oxygen atoms in total. The van der Waals surface area contributed by atoms with Crippen molar-refractivity contribution in [1.29, 1.82) is 0 Å². The van der Waals surface area contributed by atoms with Crippen LogP contribution in [0.5, 0.6) is 11.5 Å². The number of para-hydroxylation sites is 1. The lowest BCUT2D eigenvalue weighted by molar-refractivity contribution is -0.116. The molecule has 7 heteroatoms. The summed E-state index contributed by atoms with van der Waals surface area (Å²) in [5.74, 6) is 1.90. The molecule has 0 radical (unpaired) electrons. The minimum Gasteiger partial charge on any atom is -0.493 e. The Labute approximate surface area is 141 Å². The van der Waals surface area contributed by atoms with Crippen molar-refractivity contribution in [2.75, 3.05) is 33.3 Å². The molecule has 0 aliphatic carbocycles. The minimum atomic E-state index is -0.0635. The summed E-state index contributed by atoms with van der Waals surface area (Å²) in [6.07, 6.45) is 2.74. The lowest BCUT2D eigenvalue weighted by Gasteiger charge is -2.14. The summed E-state index contributed by atoms with van der Waals surface area (Å²) in [6, 6.07) is 7.43. The topological polar surface area (TPSA) is 74.6 Å². The molecule has 0 aliphatic rings. The molecule has 0 unspecified atom stereocenters. The zero-order valence-electron chi connectivity index (χ0n) is 14.2. The average Bonchev–Trinajstić information content (AvgIpc) is 3.01. The SMILES string of the molecule is COCCCC(=O)Nc1ccnn1Cc1cccc(OC)c1OC. The fourth-order valence-electron chi connectivity index (χ4n) is 2.39. The van der Waals surface area contributed by atoms with Crippen LogP contribution in [0.4, 0.5) is 5.82 Å². The second-order valence-corrected chi connectivity index (χ2v) is 5.17. The largest absolute Gasteiger partial charge is 0.493 e. The molecule has 1 aromatic heterocycles. The number of methoxy groups -OCH3 is 3. The Morgan fingerprint density at radius 3 is 2.75 bits per heavy atom. The molecule has 24 heavy (non-hydrogen) atoms. The van der Waals surface area contributed by atoms with E-state index in [4.69, 9.17) is 14.2 Å². The van der Waals surface area contributed by atoms with E-state index in [1.165, 1.54) is 0 Å². The maximum atomic E-state index is 12.0. The van der Waals surface area contributed by atoms with E-state index in [2.05, 4.69) is 10.4 Å². The van der Waals surface area contributed by atoms with E-state index in [0.717, 1.165) is 5.56 Å². The summed E-state index contributed by atoms with van der Waals surface area (Å²) >= 11 is 0. The molecule has 0 aliphatic heterocycles. The molecule has 1 heterocycles. The normalized spacial score (nSPS) is 10.5. The van der Waals surface area contributed by atoms with Gasteiger partial charge in [0.2, 0.25) is 5.91 Å². The summed E-state index contributed by atoms with van der Waals surface area (Å²) in [4.78, 5) is 12.0. The van der Waals surface area contributed by atoms with Gasteiger partial charge in [0, 0.05) is 31.8 Å². The number of benzene rings is 1. The zero-order valence-corrected chi connectivity index (χ0v) is 14.2. The molecule has 0 bridgehead atoms. The van der Waals surface area contributed by atoms with Gasteiger partial charge in [-0.3, -0.25) is 4.79 Å². The van der Waals surface area contributed by atoms with Gasteiger partial charge in [-0.1, -0.05) is 12.1 Å². The molecule has 130 valence electrons. The lowest BCUT2D eigenvalue weighted by Crippen LogP contribution is -2.16. The van der Waals surface area contributed by atoms with Crippen LogP contribution in [-0.4, -0.2) is 43.6 Å². The summed E-state index contributed by atoms with van der Waals surface area (Å²) in [5.41, 5.74) is 0.912. The van der Waals surface area contributed by atoms with Crippen LogP contribution in [0.2, 0.25) is 0 Å². The van der Waals surface area contributed by atoms with Crippen molar-refractivity contribution in [3.63, 3.8) is 0 Å². The number of aromatic nitrogens is 2. The quantitative estimate of drug-likeness (QED) is 0.713. The minimum absolute atomic E-state index is 0.0635. The van der Waals surface area contributed by atoms with Crippen molar-refractivity contribution in [3.05, 3.63) is 36.0 Å². The Morgan fingerprint density at radius 2 is 2.04 bits per heavy atom. The van der Waals surface area contributed by atoms with Crippen molar-refractivity contribution >= 4 is 11.7 Å². The summed E-state index contributed by atoms with van der Waals surface area (Å²) in [6.45, 7) is 1.02. The second kappa shape index (κ2) is 8.93. The van der Waals surface area contributed by atoms with E-state index < -0.39 is 0 Å². The standard InChI is InChI=1S/C17H23N3O4/c1-22-11-5-8-16(21)19-15-9-10-18-20(15)12-13-6-4-7-14(23-2)17(13)24-3/h4,6-7,9-10H,5,8,11-12H2,1-3H3,(H,19,21). The smallest absolute Gasteiger partial charge is 0.225 e. The Bertz CT molecular complexity index is 670. The number of rotatable bonds is 9. The van der Waals surface area contributed by atoms with E-state index in [1.807, 2.05) is 18.2 Å². The first-order valence-electron chi connectivity index (χ1n) is 7.70. The Morgan fingerprint density at radius 1 is 1.21 bits per heavy atom. The Hall–Kier alpha value is -2.54. The monoisotopic (exact) mass is 333 g/mol. The van der Waals surface area contributed by atoms with E-state index in [1.54, 1.807) is 38.3 Å². The zero-order chi connectivity index (χ0) is 17.4. The molecule has 0 fully saturated rings. The van der Waals surface area contributed by atoms with Gasteiger partial charge in [-0.25, -0.2) is 4.68 Å². The van der Waals surface area contributed by atoms with Crippen molar-refractivity contribution in [2.24, 2.45) is 0 Å². The third-order valence-corrected chi connectivity index (χ3v) is 3.54. The summed E-state index contributed by atoms with van der Waals surface area (Å²) < 4.78 is 17.4. The predicted octanol–water partition coefficient (Wildman–Crippen LogP) is 2.31. The number of nitrogens with one attached hydrogen (secondary N) is 1. The van der Waals surface area contributed by atoms with E-state index in [-0.39, 0.29) is 5.91 Å². The van der Waals surface area contributed by atoms with Gasteiger partial charge < -0.3 is 19.5 Å². The number of hydrogen-bond donors (Lipinski definition) is 1. The molecular formula is C17H23N3O4. The fraction of sp³-hybridized carbons (Fsp3) is 0.412. The number of carbonyl (C=O) groups is 1. The van der Waals surface area contributed by atoms with Gasteiger partial charge >= 0.3 is 0 Å². The van der Waals surface area contributed by atoms with Gasteiger partial charge in [-0.05, 0) is 12.5 Å². The van der Waals surface area contributed by atoms with Crippen LogP contribution in [0.25, 0.3) is 0 Å². The Kier molecular flexibility index (Phi) is 6.62. The van der Waals surface area contributed by atoms with Gasteiger partial charge in [0.1, 0.15) is 5.82 Å². The van der Waals surface area contributed by atoms with Crippen LogP contribution in [-0.2, 0) is 16.1 Å². The number of hydrogen-bond acceptors (Lipinski definition) is 5. The van der Waals surface area contributed by atoms with Crippen molar-refractivity contribution in [3.8, 4) is 11.5 Å². The Balaban J connectivity index is 2.10. The van der Waals surface area contributed by atoms with Crippen LogP contribution in [0.1, 0.15) is 18.4 Å². The van der Waals surface area contributed by atoms with E-state index >= 15 is 0 Å². The van der Waals surface area contributed by atoms with Crippen molar-refractivity contribution in [2.45, 2.75) is 19.4 Å². The molecule has 0 spiro atoms. The maximum Gasteiger partial charge on any atom is 0.225 e. The van der Waals surface area contributed by atoms with E-state index in [0.29, 0.717) is 43.3 Å². The van der Waals surface area contributed by atoms with Crippen LogP contribution in [0, 0.1) is 0 Å². The first kappa shape index (κ1) is 17.8. The highest BCUT2D eigenvalue weighted by atomic mass is 16.5. The van der Waals surface area contributed by atoms with E-state index in [9.17, 15) is 4.79 Å². The van der Waals surface area contributed by atoms with Crippen molar-refractivity contribution < 1.29 is 19.0 Å². The molecule has 0 saturated carbocycles. The third-order valence-electron chi connectivity index (χ3n) is 3.54. The molecule has 2 rings (SSSR count). The predicted molar refractivity (Wildman–Crippen MR) is 90.6 cm³/mol. The molecular weight excluding hydrogens is 310 g/mol. The lowest BCUT2D eigenvalue weighted by atomic mass is 10.2. The maximum absolute atomic E-state index is 12.0. The van der Waals surface area contributed by atoms with Crippen LogP contribution >= 0.6 is 0 Å². The third kappa shape index (κ3) is 4.48. The summed E-state index contributed by atoms with van der Waals surface area (Å²) in [7, 11) is 4.82. The molecule has 2 aromatic rings. The highest BCUT2D eigenvalue weighted by Crippen LogP contribution is 2.31. The second-order valence-electron chi connectivity index (χ2n) is 5.17. The van der Waals surface area contributed by atoms with Gasteiger partial charge in [0.25, 0.3) is 0 Å². The van der Waals surface area contributed by atoms with Crippen LogP contribution in [0.15, 0.2) is 30.5 Å². The molecule has 1 amide bonds. The molecule has 1 aromatic carbocycles. The number of nitrogens with zero attached hydrogens (tertiary/aromatic N) is 2. The van der Waals surface area contributed by atoms with Crippen molar-refractivity contribution in [1.82, 2.24) is 9.78 Å². The highest BCUT2D eigenvalue weighted by Gasteiger charge is 2.13. The highest BCUT2D eigenvalue weighted by molar-refractivity contribution is 5.89. The summed E-state index contributed by atoms with van der Waals surface area (Å²) in [5, 5.41) is 7.14. The number of amides is 1. The van der Waals surface area contributed by atoms with Gasteiger partial charge in [-0.2, -0.15) is 5.10 Å². The molecule has 1 N–H and O–H groups in total.